The first-order valence-corrected chi connectivity index (χ1v) is 5.23. The maximum atomic E-state index is 11.5. The number of anilines is 1. The number of carbonyl (C=O) groups excluding carboxylic acids is 1. The monoisotopic (exact) mass is 223 g/mol. The van der Waals surface area contributed by atoms with Crippen molar-refractivity contribution in [2.75, 3.05) is 26.1 Å². The van der Waals surface area contributed by atoms with Crippen LogP contribution < -0.4 is 10.1 Å². The van der Waals surface area contributed by atoms with Crippen molar-refractivity contribution in [3.63, 3.8) is 0 Å². The Morgan fingerprint density at radius 1 is 1.38 bits per heavy atom. The van der Waals surface area contributed by atoms with Crippen molar-refractivity contribution in [1.82, 2.24) is 0 Å². The highest BCUT2D eigenvalue weighted by Gasteiger charge is 2.15. The van der Waals surface area contributed by atoms with Crippen LogP contribution in [0.1, 0.15) is 23.7 Å². The normalized spacial score (nSPS) is 9.69. The Balaban J connectivity index is 3.05. The molecular weight excluding hydrogens is 206 g/mol. The fourth-order valence-corrected chi connectivity index (χ4v) is 1.43. The molecule has 4 heteroatoms. The summed E-state index contributed by atoms with van der Waals surface area (Å²) in [6.07, 6.45) is 1.01. The molecule has 0 bridgehead atoms. The molecule has 1 aromatic rings. The first kappa shape index (κ1) is 12.4. The van der Waals surface area contributed by atoms with E-state index in [2.05, 4.69) is 12.2 Å². The minimum Gasteiger partial charge on any atom is -0.494 e. The summed E-state index contributed by atoms with van der Waals surface area (Å²) in [4.78, 5) is 11.5. The van der Waals surface area contributed by atoms with Gasteiger partial charge in [-0.15, -0.1) is 0 Å². The van der Waals surface area contributed by atoms with Gasteiger partial charge in [0.05, 0.1) is 19.9 Å². The fourth-order valence-electron chi connectivity index (χ4n) is 1.43. The van der Waals surface area contributed by atoms with Crippen LogP contribution >= 0.6 is 0 Å². The summed E-state index contributed by atoms with van der Waals surface area (Å²) in [5.41, 5.74) is 1.25. The zero-order valence-electron chi connectivity index (χ0n) is 9.87. The standard InChI is InChI=1S/C12H17NO3/c1-4-8-13-10-7-5-6-9(11(10)15-2)12(14)16-3/h5-7,13H,4,8H2,1-3H3. The van der Waals surface area contributed by atoms with Gasteiger partial charge in [0, 0.05) is 6.54 Å². The lowest BCUT2D eigenvalue weighted by Crippen LogP contribution is -2.08. The van der Waals surface area contributed by atoms with E-state index in [1.54, 1.807) is 19.2 Å². The molecule has 1 aromatic carbocycles. The summed E-state index contributed by atoms with van der Waals surface area (Å²) in [5.74, 6) is 0.139. The van der Waals surface area contributed by atoms with Crippen LogP contribution in [0.15, 0.2) is 18.2 Å². The van der Waals surface area contributed by atoms with E-state index >= 15 is 0 Å². The minimum absolute atomic E-state index is 0.392. The molecule has 0 amide bonds. The van der Waals surface area contributed by atoms with Gasteiger partial charge in [-0.05, 0) is 18.6 Å². The quantitative estimate of drug-likeness (QED) is 0.778. The van der Waals surface area contributed by atoms with Crippen molar-refractivity contribution in [2.24, 2.45) is 0 Å². The molecule has 88 valence electrons. The number of hydrogen-bond acceptors (Lipinski definition) is 4. The van der Waals surface area contributed by atoms with Gasteiger partial charge in [0.25, 0.3) is 0 Å². The molecule has 0 unspecified atom stereocenters. The Hall–Kier alpha value is -1.71. The number of hydrogen-bond donors (Lipinski definition) is 1. The first-order valence-electron chi connectivity index (χ1n) is 5.23. The van der Waals surface area contributed by atoms with E-state index in [0.29, 0.717) is 11.3 Å². The predicted octanol–water partition coefficient (Wildman–Crippen LogP) is 2.30. The number of esters is 1. The highest BCUT2D eigenvalue weighted by Crippen LogP contribution is 2.29. The molecule has 0 spiro atoms. The van der Waals surface area contributed by atoms with Crippen LogP contribution in [0.25, 0.3) is 0 Å². The van der Waals surface area contributed by atoms with Gasteiger partial charge < -0.3 is 14.8 Å². The Morgan fingerprint density at radius 3 is 2.69 bits per heavy atom. The summed E-state index contributed by atoms with van der Waals surface area (Å²) in [7, 11) is 2.90. The van der Waals surface area contributed by atoms with Crippen LogP contribution in [0.4, 0.5) is 5.69 Å². The maximum absolute atomic E-state index is 11.5. The molecule has 0 fully saturated rings. The second-order valence-electron chi connectivity index (χ2n) is 3.30. The third-order valence-electron chi connectivity index (χ3n) is 2.19. The average molecular weight is 223 g/mol. The molecule has 4 nitrogen and oxygen atoms in total. The van der Waals surface area contributed by atoms with E-state index in [1.165, 1.54) is 7.11 Å². The number of rotatable bonds is 5. The summed E-state index contributed by atoms with van der Waals surface area (Å²) in [6.45, 7) is 2.91. The third-order valence-corrected chi connectivity index (χ3v) is 2.19. The van der Waals surface area contributed by atoms with Gasteiger partial charge in [-0.25, -0.2) is 4.79 Å². The van der Waals surface area contributed by atoms with Crippen molar-refractivity contribution >= 4 is 11.7 Å². The summed E-state index contributed by atoms with van der Waals surface area (Å²) < 4.78 is 9.92. The zero-order valence-corrected chi connectivity index (χ0v) is 9.87. The average Bonchev–Trinajstić information content (AvgIpc) is 2.34. The van der Waals surface area contributed by atoms with Gasteiger partial charge >= 0.3 is 5.97 Å². The summed E-state index contributed by atoms with van der Waals surface area (Å²) in [5, 5.41) is 3.20. The molecule has 0 aliphatic carbocycles. The van der Waals surface area contributed by atoms with Crippen molar-refractivity contribution < 1.29 is 14.3 Å². The Labute approximate surface area is 95.6 Å². The molecule has 1 rings (SSSR count). The number of para-hydroxylation sites is 1. The molecule has 0 aliphatic rings. The highest BCUT2D eigenvalue weighted by molar-refractivity contribution is 5.94. The summed E-state index contributed by atoms with van der Waals surface area (Å²) in [6, 6.07) is 5.36. The van der Waals surface area contributed by atoms with Gasteiger partial charge in [-0.3, -0.25) is 0 Å². The molecule has 0 aliphatic heterocycles. The second-order valence-corrected chi connectivity index (χ2v) is 3.30. The lowest BCUT2D eigenvalue weighted by Gasteiger charge is -2.13. The fraction of sp³-hybridized carbons (Fsp3) is 0.417. The molecule has 0 saturated heterocycles. The molecule has 0 aromatic heterocycles. The van der Waals surface area contributed by atoms with Crippen molar-refractivity contribution in [3.05, 3.63) is 23.8 Å². The van der Waals surface area contributed by atoms with E-state index in [9.17, 15) is 4.79 Å². The number of methoxy groups -OCH3 is 2. The molecule has 0 atom stereocenters. The molecular formula is C12H17NO3. The number of ether oxygens (including phenoxy) is 2. The van der Waals surface area contributed by atoms with Gasteiger partial charge in [0.1, 0.15) is 5.56 Å². The van der Waals surface area contributed by atoms with Gasteiger partial charge in [-0.2, -0.15) is 0 Å². The zero-order chi connectivity index (χ0) is 12.0. The van der Waals surface area contributed by atoms with Crippen LogP contribution in [0.2, 0.25) is 0 Å². The number of nitrogens with one attached hydrogen (secondary N) is 1. The highest BCUT2D eigenvalue weighted by atomic mass is 16.5. The van der Waals surface area contributed by atoms with Crippen molar-refractivity contribution in [1.29, 1.82) is 0 Å². The van der Waals surface area contributed by atoms with E-state index in [4.69, 9.17) is 9.47 Å². The minimum atomic E-state index is -0.392. The van der Waals surface area contributed by atoms with E-state index in [0.717, 1.165) is 18.7 Å². The molecule has 1 N–H and O–H groups in total. The number of benzene rings is 1. The Morgan fingerprint density at radius 2 is 2.12 bits per heavy atom. The van der Waals surface area contributed by atoms with Crippen molar-refractivity contribution in [3.8, 4) is 5.75 Å². The van der Waals surface area contributed by atoms with Gasteiger partial charge in [0.2, 0.25) is 0 Å². The second kappa shape index (κ2) is 6.00. The predicted molar refractivity (Wildman–Crippen MR) is 63.1 cm³/mol. The summed E-state index contributed by atoms with van der Waals surface area (Å²) >= 11 is 0. The first-order chi connectivity index (χ1) is 7.74. The van der Waals surface area contributed by atoms with E-state index < -0.39 is 5.97 Å². The van der Waals surface area contributed by atoms with Crippen LogP contribution in [0.3, 0.4) is 0 Å². The third kappa shape index (κ3) is 2.66. The van der Waals surface area contributed by atoms with Gasteiger partial charge in [0.15, 0.2) is 5.75 Å². The van der Waals surface area contributed by atoms with Crippen LogP contribution in [-0.4, -0.2) is 26.7 Å². The molecule has 0 saturated carbocycles. The topological polar surface area (TPSA) is 47.6 Å². The Kier molecular flexibility index (Phi) is 4.64. The van der Waals surface area contributed by atoms with E-state index in [1.807, 2.05) is 6.07 Å². The maximum Gasteiger partial charge on any atom is 0.341 e. The molecule has 16 heavy (non-hydrogen) atoms. The largest absolute Gasteiger partial charge is 0.494 e. The van der Waals surface area contributed by atoms with Crippen molar-refractivity contribution in [2.45, 2.75) is 13.3 Å². The SMILES string of the molecule is CCCNc1cccc(C(=O)OC)c1OC. The van der Waals surface area contributed by atoms with Crippen LogP contribution in [0.5, 0.6) is 5.75 Å². The molecule has 0 radical (unpaired) electrons. The van der Waals surface area contributed by atoms with Crippen LogP contribution in [0, 0.1) is 0 Å². The smallest absolute Gasteiger partial charge is 0.341 e. The van der Waals surface area contributed by atoms with Gasteiger partial charge in [-0.1, -0.05) is 13.0 Å². The lowest BCUT2D eigenvalue weighted by molar-refractivity contribution is 0.0597. The lowest BCUT2D eigenvalue weighted by atomic mass is 10.1. The molecule has 0 heterocycles. The Bertz CT molecular complexity index is 363. The van der Waals surface area contributed by atoms with Crippen LogP contribution in [-0.2, 0) is 4.74 Å². The number of carbonyl (C=O) groups is 1. The van der Waals surface area contributed by atoms with E-state index in [-0.39, 0.29) is 0 Å².